The molecule has 0 spiro atoms. The number of rotatable bonds is 5. The molecule has 0 saturated carbocycles. The molecule has 1 heterocycles. The van der Waals surface area contributed by atoms with E-state index in [-0.39, 0.29) is 12.2 Å². The average molecular weight is 312 g/mol. The zero-order valence-electron chi connectivity index (χ0n) is 12.5. The molecule has 1 aliphatic heterocycles. The monoisotopic (exact) mass is 312 g/mol. The molecule has 5 N–H and O–H groups in total. The maximum atomic E-state index is 10.1. The molecule has 0 radical (unpaired) electrons. The van der Waals surface area contributed by atoms with Crippen molar-refractivity contribution in [1.82, 2.24) is 0 Å². The minimum Gasteiger partial charge on any atom is -0.508 e. The SMILES string of the molecule is C[C@@H]1O[C@@H](CC(O)CCc2ccc(O)cc2)[C@H](O)[C@H](O)C1O. The third kappa shape index (κ3) is 4.18. The van der Waals surface area contributed by atoms with Crippen molar-refractivity contribution in [1.29, 1.82) is 0 Å². The molecule has 124 valence electrons. The van der Waals surface area contributed by atoms with Gasteiger partial charge in [-0.05, 0) is 37.5 Å². The zero-order valence-corrected chi connectivity index (χ0v) is 12.5. The molecule has 6 atom stereocenters. The summed E-state index contributed by atoms with van der Waals surface area (Å²) < 4.78 is 5.47. The molecule has 22 heavy (non-hydrogen) atoms. The van der Waals surface area contributed by atoms with Crippen molar-refractivity contribution in [2.45, 2.75) is 62.8 Å². The molecule has 0 aliphatic carbocycles. The normalized spacial score (nSPS) is 33.6. The number of phenols is 1. The molecule has 0 amide bonds. The van der Waals surface area contributed by atoms with Crippen LogP contribution in [0, 0.1) is 0 Å². The minimum atomic E-state index is -1.27. The number of aliphatic hydroxyl groups is 4. The van der Waals surface area contributed by atoms with Crippen LogP contribution >= 0.6 is 0 Å². The molecular formula is C16H24O6. The van der Waals surface area contributed by atoms with Crippen molar-refractivity contribution in [2.75, 3.05) is 0 Å². The number of ether oxygens (including phenoxy) is 1. The van der Waals surface area contributed by atoms with E-state index in [4.69, 9.17) is 4.74 Å². The second kappa shape index (κ2) is 7.39. The lowest BCUT2D eigenvalue weighted by molar-refractivity contribution is -0.222. The van der Waals surface area contributed by atoms with Gasteiger partial charge < -0.3 is 30.3 Å². The van der Waals surface area contributed by atoms with Crippen LogP contribution in [0.3, 0.4) is 0 Å². The van der Waals surface area contributed by atoms with Gasteiger partial charge in [0, 0.05) is 6.42 Å². The number of aryl methyl sites for hydroxylation is 1. The van der Waals surface area contributed by atoms with Crippen molar-refractivity contribution in [3.05, 3.63) is 29.8 Å². The molecule has 1 fully saturated rings. The third-order valence-corrected chi connectivity index (χ3v) is 4.16. The summed E-state index contributed by atoms with van der Waals surface area (Å²) in [5, 5.41) is 48.6. The van der Waals surface area contributed by atoms with Crippen LogP contribution in [0.4, 0.5) is 0 Å². The molecular weight excluding hydrogens is 288 g/mol. The van der Waals surface area contributed by atoms with E-state index in [0.717, 1.165) is 5.56 Å². The highest BCUT2D eigenvalue weighted by atomic mass is 16.5. The van der Waals surface area contributed by atoms with E-state index >= 15 is 0 Å². The summed E-state index contributed by atoms with van der Waals surface area (Å²) in [5.74, 6) is 0.199. The van der Waals surface area contributed by atoms with E-state index < -0.39 is 36.6 Å². The number of phenolic OH excluding ortho intramolecular Hbond substituents is 1. The molecule has 2 unspecified atom stereocenters. The lowest BCUT2D eigenvalue weighted by atomic mass is 9.91. The van der Waals surface area contributed by atoms with Crippen LogP contribution < -0.4 is 0 Å². The standard InChI is InChI=1S/C16H24O6/c1-9-14(19)16(21)15(20)13(22-9)8-12(18)7-4-10-2-5-11(17)6-3-10/h2-3,5-6,9,12-21H,4,7-8H2,1H3/t9-,12?,13-,14?,15-,16+/m0/s1. The number of aliphatic hydroxyl groups excluding tert-OH is 4. The number of benzene rings is 1. The van der Waals surface area contributed by atoms with E-state index in [0.29, 0.717) is 12.8 Å². The topological polar surface area (TPSA) is 110 Å². The van der Waals surface area contributed by atoms with E-state index in [1.54, 1.807) is 31.2 Å². The van der Waals surface area contributed by atoms with Gasteiger partial charge in [0.25, 0.3) is 0 Å². The van der Waals surface area contributed by atoms with Crippen molar-refractivity contribution < 1.29 is 30.3 Å². The van der Waals surface area contributed by atoms with Gasteiger partial charge in [0.15, 0.2) is 0 Å². The fourth-order valence-electron chi connectivity index (χ4n) is 2.71. The van der Waals surface area contributed by atoms with Crippen LogP contribution in [-0.2, 0) is 11.2 Å². The smallest absolute Gasteiger partial charge is 0.115 e. The summed E-state index contributed by atoms with van der Waals surface area (Å²) in [5.41, 5.74) is 0.991. The van der Waals surface area contributed by atoms with Crippen LogP contribution in [0.5, 0.6) is 5.75 Å². The Morgan fingerprint density at radius 1 is 1.05 bits per heavy atom. The van der Waals surface area contributed by atoms with Gasteiger partial charge in [0.05, 0.1) is 18.3 Å². The summed E-state index contributed by atoms with van der Waals surface area (Å²) >= 11 is 0. The van der Waals surface area contributed by atoms with E-state index in [1.165, 1.54) is 0 Å². The van der Waals surface area contributed by atoms with Crippen molar-refractivity contribution in [2.24, 2.45) is 0 Å². The summed E-state index contributed by atoms with van der Waals surface area (Å²) in [6.45, 7) is 1.62. The molecule has 2 rings (SSSR count). The highest BCUT2D eigenvalue weighted by Crippen LogP contribution is 2.25. The highest BCUT2D eigenvalue weighted by Gasteiger charge is 2.42. The van der Waals surface area contributed by atoms with Gasteiger partial charge in [0.1, 0.15) is 24.1 Å². The fraction of sp³-hybridized carbons (Fsp3) is 0.625. The zero-order chi connectivity index (χ0) is 16.3. The lowest BCUT2D eigenvalue weighted by Crippen LogP contribution is -2.57. The molecule has 1 aliphatic rings. The fourth-order valence-corrected chi connectivity index (χ4v) is 2.71. The summed E-state index contributed by atoms with van der Waals surface area (Å²) in [6.07, 6.45) is -4.30. The van der Waals surface area contributed by atoms with Crippen molar-refractivity contribution in [3.8, 4) is 5.75 Å². The van der Waals surface area contributed by atoms with Crippen LogP contribution in [0.15, 0.2) is 24.3 Å². The molecule has 0 aromatic heterocycles. The second-order valence-corrected chi connectivity index (χ2v) is 5.95. The lowest BCUT2D eigenvalue weighted by Gasteiger charge is -2.40. The Kier molecular flexibility index (Phi) is 5.77. The Hall–Kier alpha value is -1.18. The first-order valence-corrected chi connectivity index (χ1v) is 7.54. The van der Waals surface area contributed by atoms with Gasteiger partial charge in [-0.2, -0.15) is 0 Å². The molecule has 1 aromatic carbocycles. The summed E-state index contributed by atoms with van der Waals surface area (Å²) in [4.78, 5) is 0. The Morgan fingerprint density at radius 2 is 1.68 bits per heavy atom. The van der Waals surface area contributed by atoms with Crippen molar-refractivity contribution >= 4 is 0 Å². The molecule has 6 nitrogen and oxygen atoms in total. The molecule has 1 aromatic rings. The Morgan fingerprint density at radius 3 is 2.32 bits per heavy atom. The number of hydrogen-bond donors (Lipinski definition) is 5. The number of aromatic hydroxyl groups is 1. The largest absolute Gasteiger partial charge is 0.508 e. The Bertz CT molecular complexity index is 462. The molecule has 0 bridgehead atoms. The average Bonchev–Trinajstić information content (AvgIpc) is 2.50. The van der Waals surface area contributed by atoms with Crippen LogP contribution in [0.1, 0.15) is 25.3 Å². The molecule has 1 saturated heterocycles. The van der Waals surface area contributed by atoms with Gasteiger partial charge >= 0.3 is 0 Å². The quantitative estimate of drug-likeness (QED) is 0.521. The number of hydrogen-bond acceptors (Lipinski definition) is 6. The first kappa shape index (κ1) is 17.2. The van der Waals surface area contributed by atoms with Gasteiger partial charge in [-0.15, -0.1) is 0 Å². The first-order valence-electron chi connectivity index (χ1n) is 7.54. The predicted octanol–water partition coefficient (Wildman–Crippen LogP) is -0.0542. The Balaban J connectivity index is 1.83. The maximum absolute atomic E-state index is 10.1. The van der Waals surface area contributed by atoms with Crippen LogP contribution in [0.25, 0.3) is 0 Å². The summed E-state index contributed by atoms with van der Waals surface area (Å²) in [7, 11) is 0. The van der Waals surface area contributed by atoms with Crippen LogP contribution in [0.2, 0.25) is 0 Å². The highest BCUT2D eigenvalue weighted by molar-refractivity contribution is 5.25. The predicted molar refractivity (Wildman–Crippen MR) is 79.4 cm³/mol. The van der Waals surface area contributed by atoms with Crippen molar-refractivity contribution in [3.63, 3.8) is 0 Å². The van der Waals surface area contributed by atoms with Gasteiger partial charge in [-0.3, -0.25) is 0 Å². The maximum Gasteiger partial charge on any atom is 0.115 e. The summed E-state index contributed by atoms with van der Waals surface area (Å²) in [6, 6.07) is 6.76. The van der Waals surface area contributed by atoms with E-state index in [2.05, 4.69) is 0 Å². The first-order chi connectivity index (χ1) is 10.4. The van der Waals surface area contributed by atoms with E-state index in [9.17, 15) is 25.5 Å². The molecule has 6 heteroatoms. The van der Waals surface area contributed by atoms with E-state index in [1.807, 2.05) is 0 Å². The minimum absolute atomic E-state index is 0.188. The van der Waals surface area contributed by atoms with Gasteiger partial charge in [0.2, 0.25) is 0 Å². The van der Waals surface area contributed by atoms with Gasteiger partial charge in [-0.1, -0.05) is 12.1 Å². The second-order valence-electron chi connectivity index (χ2n) is 5.95. The van der Waals surface area contributed by atoms with Crippen LogP contribution in [-0.4, -0.2) is 62.2 Å². The third-order valence-electron chi connectivity index (χ3n) is 4.16. The van der Waals surface area contributed by atoms with Gasteiger partial charge in [-0.25, -0.2) is 0 Å². The Labute approximate surface area is 129 Å².